The Morgan fingerprint density at radius 1 is 1.26 bits per heavy atom. The molecule has 0 spiro atoms. The molecule has 0 saturated carbocycles. The lowest BCUT2D eigenvalue weighted by atomic mass is 10.1. The minimum absolute atomic E-state index is 0.0393. The van der Waals surface area contributed by atoms with Gasteiger partial charge in [-0.25, -0.2) is 0 Å². The van der Waals surface area contributed by atoms with Crippen molar-refractivity contribution in [3.05, 3.63) is 23.8 Å². The molecular formula is C11H9F5O3. The molecule has 1 aromatic carbocycles. The Kier molecular flexibility index (Phi) is 5.08. The van der Waals surface area contributed by atoms with E-state index >= 15 is 0 Å². The maximum Gasteiger partial charge on any atom is 0.573 e. The van der Waals surface area contributed by atoms with Gasteiger partial charge in [-0.1, -0.05) is 0 Å². The van der Waals surface area contributed by atoms with Crippen LogP contribution in [0.3, 0.4) is 0 Å². The summed E-state index contributed by atoms with van der Waals surface area (Å²) in [4.78, 5) is 10.2. The van der Waals surface area contributed by atoms with E-state index in [0.29, 0.717) is 6.29 Å². The third-order valence-electron chi connectivity index (χ3n) is 2.01. The van der Waals surface area contributed by atoms with Crippen molar-refractivity contribution in [1.29, 1.82) is 0 Å². The number of halogens is 5. The third-order valence-corrected chi connectivity index (χ3v) is 2.01. The fraction of sp³-hybridized carbons (Fsp3) is 0.364. The quantitative estimate of drug-likeness (QED) is 0.594. The highest BCUT2D eigenvalue weighted by Crippen LogP contribution is 2.30. The summed E-state index contributed by atoms with van der Waals surface area (Å²) < 4.78 is 68.1. The van der Waals surface area contributed by atoms with Crippen LogP contribution in [0.1, 0.15) is 12.0 Å². The van der Waals surface area contributed by atoms with E-state index in [1.54, 1.807) is 0 Å². The molecule has 106 valence electrons. The highest BCUT2D eigenvalue weighted by Gasteiger charge is 2.32. The Hall–Kier alpha value is -1.86. The largest absolute Gasteiger partial charge is 0.573 e. The van der Waals surface area contributed by atoms with Gasteiger partial charge in [-0.3, -0.25) is 0 Å². The van der Waals surface area contributed by atoms with Crippen LogP contribution < -0.4 is 9.47 Å². The lowest BCUT2D eigenvalue weighted by molar-refractivity contribution is -0.274. The van der Waals surface area contributed by atoms with E-state index in [4.69, 9.17) is 0 Å². The van der Waals surface area contributed by atoms with Crippen LogP contribution in [-0.2, 0) is 11.2 Å². The van der Waals surface area contributed by atoms with Crippen LogP contribution in [-0.4, -0.2) is 19.3 Å². The SMILES string of the molecule is O=CCCc1cc(OC(F)F)ccc1OC(F)(F)F. The molecule has 0 bridgehead atoms. The molecule has 3 nitrogen and oxygen atoms in total. The molecule has 0 aliphatic heterocycles. The predicted octanol–water partition coefficient (Wildman–Crippen LogP) is 3.32. The van der Waals surface area contributed by atoms with Crippen molar-refractivity contribution < 1.29 is 36.2 Å². The molecular weight excluding hydrogens is 275 g/mol. The number of aldehydes is 1. The monoisotopic (exact) mass is 284 g/mol. The van der Waals surface area contributed by atoms with Gasteiger partial charge < -0.3 is 14.3 Å². The van der Waals surface area contributed by atoms with Gasteiger partial charge in [-0.05, 0) is 30.2 Å². The second kappa shape index (κ2) is 6.35. The number of hydrogen-bond acceptors (Lipinski definition) is 3. The summed E-state index contributed by atoms with van der Waals surface area (Å²) in [5.41, 5.74) is -0.0393. The highest BCUT2D eigenvalue weighted by molar-refractivity contribution is 5.51. The maximum atomic E-state index is 12.1. The van der Waals surface area contributed by atoms with Crippen LogP contribution in [0.15, 0.2) is 18.2 Å². The number of rotatable bonds is 6. The summed E-state index contributed by atoms with van der Waals surface area (Å²) in [6.45, 7) is -3.09. The number of alkyl halides is 5. The van der Waals surface area contributed by atoms with Gasteiger partial charge in [-0.15, -0.1) is 13.2 Å². The van der Waals surface area contributed by atoms with Crippen molar-refractivity contribution in [2.24, 2.45) is 0 Å². The van der Waals surface area contributed by atoms with E-state index in [-0.39, 0.29) is 24.2 Å². The summed E-state index contributed by atoms with van der Waals surface area (Å²) in [5.74, 6) is -0.846. The van der Waals surface area contributed by atoms with Crippen molar-refractivity contribution in [2.45, 2.75) is 25.8 Å². The minimum atomic E-state index is -4.90. The molecule has 0 aliphatic rings. The summed E-state index contributed by atoms with van der Waals surface area (Å²) in [6, 6.07) is 2.78. The Morgan fingerprint density at radius 2 is 1.95 bits per heavy atom. The van der Waals surface area contributed by atoms with E-state index in [1.807, 2.05) is 0 Å². The molecule has 1 rings (SSSR count). The molecule has 1 aromatic rings. The minimum Gasteiger partial charge on any atom is -0.435 e. The molecule has 19 heavy (non-hydrogen) atoms. The zero-order valence-electron chi connectivity index (χ0n) is 9.42. The number of ether oxygens (including phenoxy) is 2. The first-order valence-corrected chi connectivity index (χ1v) is 5.09. The van der Waals surface area contributed by atoms with Gasteiger partial charge in [-0.2, -0.15) is 8.78 Å². The van der Waals surface area contributed by atoms with Crippen LogP contribution in [0.4, 0.5) is 22.0 Å². The lowest BCUT2D eigenvalue weighted by Gasteiger charge is -2.14. The fourth-order valence-electron chi connectivity index (χ4n) is 1.37. The van der Waals surface area contributed by atoms with Crippen molar-refractivity contribution >= 4 is 6.29 Å². The molecule has 0 aliphatic carbocycles. The normalized spacial score (nSPS) is 11.5. The van der Waals surface area contributed by atoms with Gasteiger partial charge >= 0.3 is 13.0 Å². The van der Waals surface area contributed by atoms with Crippen molar-refractivity contribution in [2.75, 3.05) is 0 Å². The summed E-state index contributed by atoms with van der Waals surface area (Å²) >= 11 is 0. The molecule has 0 saturated heterocycles. The number of aryl methyl sites for hydroxylation is 1. The van der Waals surface area contributed by atoms with E-state index in [1.165, 1.54) is 0 Å². The van der Waals surface area contributed by atoms with E-state index in [2.05, 4.69) is 9.47 Å². The third kappa shape index (κ3) is 5.54. The summed E-state index contributed by atoms with van der Waals surface area (Å²) in [5, 5.41) is 0. The number of benzene rings is 1. The Labute approximate surface area is 104 Å². The zero-order chi connectivity index (χ0) is 14.5. The van der Waals surface area contributed by atoms with Crippen LogP contribution in [0.25, 0.3) is 0 Å². The Morgan fingerprint density at radius 3 is 2.47 bits per heavy atom. The first-order valence-electron chi connectivity index (χ1n) is 5.09. The fourth-order valence-corrected chi connectivity index (χ4v) is 1.37. The van der Waals surface area contributed by atoms with Crippen LogP contribution in [0.5, 0.6) is 11.5 Å². The highest BCUT2D eigenvalue weighted by atomic mass is 19.4. The van der Waals surface area contributed by atoms with Crippen LogP contribution >= 0.6 is 0 Å². The van der Waals surface area contributed by atoms with Gasteiger partial charge in [0.15, 0.2) is 0 Å². The van der Waals surface area contributed by atoms with Crippen molar-refractivity contribution in [3.63, 3.8) is 0 Å². The van der Waals surface area contributed by atoms with E-state index in [0.717, 1.165) is 18.2 Å². The zero-order valence-corrected chi connectivity index (χ0v) is 9.42. The average Bonchev–Trinajstić information content (AvgIpc) is 2.26. The number of hydrogen-bond donors (Lipinski definition) is 0. The first kappa shape index (κ1) is 15.2. The second-order valence-corrected chi connectivity index (χ2v) is 3.40. The van der Waals surface area contributed by atoms with Gasteiger partial charge in [0.2, 0.25) is 0 Å². The molecule has 0 N–H and O–H groups in total. The van der Waals surface area contributed by atoms with Gasteiger partial charge in [0.25, 0.3) is 0 Å². The van der Waals surface area contributed by atoms with Gasteiger partial charge in [0.05, 0.1) is 0 Å². The molecule has 0 unspecified atom stereocenters. The Balaban J connectivity index is 2.98. The topological polar surface area (TPSA) is 35.5 Å². The smallest absolute Gasteiger partial charge is 0.435 e. The summed E-state index contributed by atoms with van der Waals surface area (Å²) in [6.07, 6.45) is -4.54. The van der Waals surface area contributed by atoms with Gasteiger partial charge in [0.1, 0.15) is 17.8 Å². The van der Waals surface area contributed by atoms with Crippen molar-refractivity contribution in [1.82, 2.24) is 0 Å². The summed E-state index contributed by atoms with van der Waals surface area (Å²) in [7, 11) is 0. The molecule has 0 fully saturated rings. The molecule has 0 heterocycles. The maximum absolute atomic E-state index is 12.1. The number of carbonyl (C=O) groups is 1. The molecule has 0 radical (unpaired) electrons. The molecule has 0 atom stereocenters. The van der Waals surface area contributed by atoms with Crippen LogP contribution in [0, 0.1) is 0 Å². The standard InChI is InChI=1S/C11H9F5O3/c12-10(13)18-8-3-4-9(19-11(14,15)16)7(6-8)2-1-5-17/h3-6,10H,1-2H2. The van der Waals surface area contributed by atoms with E-state index in [9.17, 15) is 26.7 Å². The lowest BCUT2D eigenvalue weighted by Crippen LogP contribution is -2.18. The van der Waals surface area contributed by atoms with Gasteiger partial charge in [0, 0.05) is 6.42 Å². The number of carbonyl (C=O) groups excluding carboxylic acids is 1. The Bertz CT molecular complexity index is 431. The van der Waals surface area contributed by atoms with Crippen molar-refractivity contribution in [3.8, 4) is 11.5 Å². The second-order valence-electron chi connectivity index (χ2n) is 3.40. The van der Waals surface area contributed by atoms with E-state index < -0.39 is 18.7 Å². The average molecular weight is 284 g/mol. The van der Waals surface area contributed by atoms with Crippen LogP contribution in [0.2, 0.25) is 0 Å². The molecule has 0 aromatic heterocycles. The predicted molar refractivity (Wildman–Crippen MR) is 54.1 cm³/mol. The molecule has 0 amide bonds. The molecule has 8 heteroatoms. The first-order chi connectivity index (χ1) is 8.81.